The van der Waals surface area contributed by atoms with Crippen LogP contribution in [-0.4, -0.2) is 9.13 Å². The highest BCUT2D eigenvalue weighted by Gasteiger charge is 2.19. The third kappa shape index (κ3) is 6.97. The maximum atomic E-state index is 2.42. The molecule has 0 amide bonds. The van der Waals surface area contributed by atoms with Gasteiger partial charge in [-0.25, -0.2) is 0 Å². The minimum absolute atomic E-state index is 1.09. The lowest BCUT2D eigenvalue weighted by molar-refractivity contribution is 1.18. The van der Waals surface area contributed by atoms with Gasteiger partial charge in [0.1, 0.15) is 0 Å². The van der Waals surface area contributed by atoms with Crippen molar-refractivity contribution in [2.45, 2.75) is 0 Å². The van der Waals surface area contributed by atoms with Crippen LogP contribution in [0, 0.1) is 0 Å². The highest BCUT2D eigenvalue weighted by Crippen LogP contribution is 2.42. The van der Waals surface area contributed by atoms with E-state index in [4.69, 9.17) is 0 Å². The first kappa shape index (κ1) is 40.6. The largest absolute Gasteiger partial charge is 0.310 e. The van der Waals surface area contributed by atoms with Crippen molar-refractivity contribution in [3.63, 3.8) is 0 Å². The Hall–Kier alpha value is -9.44. The average Bonchev–Trinajstić information content (AvgIpc) is 3.96. The Morgan fingerprint density at radius 3 is 1.28 bits per heavy atom. The molecule has 0 spiro atoms. The maximum absolute atomic E-state index is 2.42. The number of aromatic nitrogens is 2. The fourth-order valence-corrected chi connectivity index (χ4v) is 11.0. The van der Waals surface area contributed by atoms with Gasteiger partial charge < -0.3 is 14.0 Å². The Balaban J connectivity index is 0.965. The first-order valence-corrected chi connectivity index (χ1v) is 24.4. The van der Waals surface area contributed by atoms with Gasteiger partial charge in [-0.15, -0.1) is 0 Å². The van der Waals surface area contributed by atoms with Crippen molar-refractivity contribution in [1.82, 2.24) is 9.13 Å². The van der Waals surface area contributed by atoms with E-state index in [0.29, 0.717) is 0 Å². The molecule has 0 aliphatic carbocycles. The van der Waals surface area contributed by atoms with E-state index in [2.05, 4.69) is 287 Å². The summed E-state index contributed by atoms with van der Waals surface area (Å²) < 4.78 is 4.81. The summed E-state index contributed by atoms with van der Waals surface area (Å²) in [5.74, 6) is 0. The van der Waals surface area contributed by atoms with Crippen LogP contribution in [0.1, 0.15) is 0 Å². The van der Waals surface area contributed by atoms with Crippen LogP contribution < -0.4 is 4.90 Å². The number of hydrogen-bond acceptors (Lipinski definition) is 1. The highest BCUT2D eigenvalue weighted by molar-refractivity contribution is 6.12. The lowest BCUT2D eigenvalue weighted by Crippen LogP contribution is -2.09. The number of para-hydroxylation sites is 4. The van der Waals surface area contributed by atoms with E-state index in [1.54, 1.807) is 0 Å². The van der Waals surface area contributed by atoms with Gasteiger partial charge in [0.2, 0.25) is 0 Å². The summed E-state index contributed by atoms with van der Waals surface area (Å²) in [5.41, 5.74) is 17.3. The number of benzene rings is 12. The smallest absolute Gasteiger partial charge is 0.0541 e. The predicted octanol–water partition coefficient (Wildman–Crippen LogP) is 18.7. The second kappa shape index (κ2) is 16.7. The van der Waals surface area contributed by atoms with E-state index >= 15 is 0 Å². The van der Waals surface area contributed by atoms with E-state index in [1.165, 1.54) is 76.3 Å². The Kier molecular flexibility index (Phi) is 9.53. The molecular weight excluding hydrogens is 859 g/mol. The second-order valence-corrected chi connectivity index (χ2v) is 18.6. The van der Waals surface area contributed by atoms with E-state index in [0.717, 1.165) is 50.7 Å². The summed E-state index contributed by atoms with van der Waals surface area (Å²) in [6.45, 7) is 0. The number of hydrogen-bond donors (Lipinski definition) is 0. The molecule has 0 aliphatic heterocycles. The first-order valence-electron chi connectivity index (χ1n) is 24.4. The molecule has 14 aromatic rings. The maximum Gasteiger partial charge on any atom is 0.0541 e. The van der Waals surface area contributed by atoms with Crippen LogP contribution >= 0.6 is 0 Å². The lowest BCUT2D eigenvalue weighted by atomic mass is 9.92. The molecule has 0 radical (unpaired) electrons. The van der Waals surface area contributed by atoms with Crippen LogP contribution in [0.3, 0.4) is 0 Å². The molecule has 332 valence electrons. The van der Waals surface area contributed by atoms with Gasteiger partial charge in [0, 0.05) is 50.0 Å². The van der Waals surface area contributed by atoms with Gasteiger partial charge in [0.25, 0.3) is 0 Å². The summed E-state index contributed by atoms with van der Waals surface area (Å²) in [4.78, 5) is 2.37. The molecule has 2 heterocycles. The minimum atomic E-state index is 1.09. The van der Waals surface area contributed by atoms with Crippen molar-refractivity contribution < 1.29 is 0 Å². The third-order valence-corrected chi connectivity index (χ3v) is 14.4. The van der Waals surface area contributed by atoms with E-state index in [-0.39, 0.29) is 0 Å². The molecule has 0 aliphatic rings. The van der Waals surface area contributed by atoms with E-state index in [9.17, 15) is 0 Å². The minimum Gasteiger partial charge on any atom is -0.310 e. The lowest BCUT2D eigenvalue weighted by Gasteiger charge is -2.26. The zero-order valence-corrected chi connectivity index (χ0v) is 38.8. The van der Waals surface area contributed by atoms with Crippen LogP contribution in [-0.2, 0) is 0 Å². The standard InChI is InChI=1S/C68H45N3/c1-3-21-56(22-4-1)69(59-34-30-46-16-7-9-18-48(46)41-59)58-25-15-20-50(43-58)53-38-54(51-32-36-67-63(44-51)61-26-11-13-28-65(61)70(67)57-23-5-2-6-24-57)40-55(39-53)52-33-37-68-64(45-52)62-27-12-14-29-66(62)71(68)60-35-31-47-17-8-10-19-49(47)42-60/h1-45H. The SMILES string of the molecule is c1ccc(N(c2cccc(-c3cc(-c4ccc5c(c4)c4ccccc4n5-c4ccccc4)cc(-c4ccc5c(c4)c4ccccc4n5-c4ccc5ccccc5c4)c3)c2)c2ccc3ccccc3c2)cc1. The molecule has 71 heavy (non-hydrogen) atoms. The molecular formula is C68H45N3. The summed E-state index contributed by atoms with van der Waals surface area (Å²) in [6.07, 6.45) is 0. The molecule has 12 aromatic carbocycles. The first-order chi connectivity index (χ1) is 35.2. The summed E-state index contributed by atoms with van der Waals surface area (Å²) in [7, 11) is 0. The molecule has 0 unspecified atom stereocenters. The van der Waals surface area contributed by atoms with Crippen LogP contribution in [0.15, 0.2) is 273 Å². The van der Waals surface area contributed by atoms with E-state index < -0.39 is 0 Å². The van der Waals surface area contributed by atoms with Crippen molar-refractivity contribution in [2.75, 3.05) is 4.90 Å². The molecule has 0 N–H and O–H groups in total. The van der Waals surface area contributed by atoms with Crippen molar-refractivity contribution in [2.24, 2.45) is 0 Å². The highest BCUT2D eigenvalue weighted by atomic mass is 15.1. The number of fused-ring (bicyclic) bond motifs is 8. The van der Waals surface area contributed by atoms with Crippen LogP contribution in [0.4, 0.5) is 17.1 Å². The molecule has 0 saturated heterocycles. The Morgan fingerprint density at radius 2 is 0.662 bits per heavy atom. The van der Waals surface area contributed by atoms with Gasteiger partial charge in [-0.3, -0.25) is 0 Å². The monoisotopic (exact) mass is 903 g/mol. The summed E-state index contributed by atoms with van der Waals surface area (Å²) in [6, 6.07) is 100.0. The second-order valence-electron chi connectivity index (χ2n) is 18.6. The molecule has 3 heteroatoms. The fourth-order valence-electron chi connectivity index (χ4n) is 11.0. The molecule has 0 atom stereocenters. The molecule has 2 aromatic heterocycles. The molecule has 0 fully saturated rings. The zero-order valence-electron chi connectivity index (χ0n) is 38.8. The van der Waals surface area contributed by atoms with Crippen molar-refractivity contribution in [3.8, 4) is 44.8 Å². The van der Waals surface area contributed by atoms with Crippen molar-refractivity contribution >= 4 is 82.2 Å². The van der Waals surface area contributed by atoms with Crippen molar-refractivity contribution in [3.05, 3.63) is 273 Å². The number of nitrogens with zero attached hydrogens (tertiary/aromatic N) is 3. The predicted molar refractivity (Wildman–Crippen MR) is 301 cm³/mol. The molecule has 3 nitrogen and oxygen atoms in total. The van der Waals surface area contributed by atoms with Crippen LogP contribution in [0.5, 0.6) is 0 Å². The fraction of sp³-hybridized carbons (Fsp3) is 0. The topological polar surface area (TPSA) is 13.1 Å². The van der Waals surface area contributed by atoms with Gasteiger partial charge in [-0.1, -0.05) is 158 Å². The van der Waals surface area contributed by atoms with Crippen LogP contribution in [0.2, 0.25) is 0 Å². The molecule has 14 rings (SSSR count). The normalized spacial score (nSPS) is 11.7. The van der Waals surface area contributed by atoms with E-state index in [1.807, 2.05) is 0 Å². The van der Waals surface area contributed by atoms with Gasteiger partial charge in [-0.2, -0.15) is 0 Å². The van der Waals surface area contributed by atoms with Gasteiger partial charge in [0.15, 0.2) is 0 Å². The average molecular weight is 904 g/mol. The van der Waals surface area contributed by atoms with Gasteiger partial charge in [-0.05, 0) is 170 Å². The third-order valence-electron chi connectivity index (χ3n) is 14.4. The Morgan fingerprint density at radius 1 is 0.211 bits per heavy atom. The summed E-state index contributed by atoms with van der Waals surface area (Å²) >= 11 is 0. The molecule has 0 bridgehead atoms. The van der Waals surface area contributed by atoms with Crippen LogP contribution in [0.25, 0.3) is 110 Å². The Labute approximate surface area is 412 Å². The number of rotatable bonds is 8. The summed E-state index contributed by atoms with van der Waals surface area (Å²) in [5, 5.41) is 9.83. The quantitative estimate of drug-likeness (QED) is 0.148. The molecule has 0 saturated carbocycles. The number of anilines is 3. The van der Waals surface area contributed by atoms with Gasteiger partial charge in [0.05, 0.1) is 22.1 Å². The van der Waals surface area contributed by atoms with Gasteiger partial charge >= 0.3 is 0 Å². The zero-order chi connectivity index (χ0) is 46.8. The van der Waals surface area contributed by atoms with Crippen molar-refractivity contribution in [1.29, 1.82) is 0 Å². The Bertz CT molecular complexity index is 4350.